The number of aromatic nitrogens is 2. The van der Waals surface area contributed by atoms with Crippen molar-refractivity contribution < 1.29 is 9.90 Å². The van der Waals surface area contributed by atoms with Gasteiger partial charge in [-0.2, -0.15) is 0 Å². The van der Waals surface area contributed by atoms with E-state index in [9.17, 15) is 4.79 Å². The Hall–Kier alpha value is -1.95. The molecule has 0 spiro atoms. The molecule has 1 aromatic carbocycles. The molecular weight excluding hydrogens is 334 g/mol. The third-order valence-electron chi connectivity index (χ3n) is 2.89. The van der Waals surface area contributed by atoms with Crippen LogP contribution in [0.5, 0.6) is 0 Å². The highest BCUT2D eigenvalue weighted by Gasteiger charge is 2.10. The summed E-state index contributed by atoms with van der Waals surface area (Å²) in [5.74, 6) is -0.794. The second-order valence-corrected chi connectivity index (χ2v) is 5.57. The van der Waals surface area contributed by atoms with E-state index in [1.165, 1.54) is 11.6 Å². The number of rotatable bonds is 5. The third-order valence-corrected chi connectivity index (χ3v) is 3.55. The Balaban J connectivity index is 2.27. The first kappa shape index (κ1) is 15.4. The maximum atomic E-state index is 11.0. The fourth-order valence-electron chi connectivity index (χ4n) is 1.96. The summed E-state index contributed by atoms with van der Waals surface area (Å²) in [6.45, 7) is 3.87. The van der Waals surface area contributed by atoms with Gasteiger partial charge in [-0.15, -0.1) is 0 Å². The summed E-state index contributed by atoms with van der Waals surface area (Å²) in [6, 6.07) is 7.44. The summed E-state index contributed by atoms with van der Waals surface area (Å²) in [5, 5.41) is 12.1. The van der Waals surface area contributed by atoms with Crippen LogP contribution in [-0.2, 0) is 6.42 Å². The van der Waals surface area contributed by atoms with Gasteiger partial charge in [0.05, 0.1) is 5.69 Å². The number of carboxylic acid groups (broad SMARTS) is 1. The topological polar surface area (TPSA) is 75.1 Å². The van der Waals surface area contributed by atoms with Gasteiger partial charge in [-0.25, -0.2) is 14.8 Å². The van der Waals surface area contributed by atoms with Gasteiger partial charge in [-0.1, -0.05) is 19.4 Å². The zero-order valence-electron chi connectivity index (χ0n) is 11.9. The molecule has 21 heavy (non-hydrogen) atoms. The van der Waals surface area contributed by atoms with E-state index < -0.39 is 5.97 Å². The molecule has 0 aliphatic heterocycles. The number of hydrogen-bond acceptors (Lipinski definition) is 4. The van der Waals surface area contributed by atoms with Crippen LogP contribution in [0.1, 0.15) is 35.1 Å². The number of benzene rings is 1. The van der Waals surface area contributed by atoms with Gasteiger partial charge in [0, 0.05) is 10.2 Å². The predicted octanol–water partition coefficient (Wildman–Crippen LogP) is 3.94. The van der Waals surface area contributed by atoms with Crippen molar-refractivity contribution in [1.29, 1.82) is 0 Å². The molecule has 5 nitrogen and oxygen atoms in total. The number of hydrogen-bond donors (Lipinski definition) is 2. The number of nitrogens with zero attached hydrogens (tertiary/aromatic N) is 2. The van der Waals surface area contributed by atoms with Crippen molar-refractivity contribution >= 4 is 33.5 Å². The molecule has 0 saturated carbocycles. The van der Waals surface area contributed by atoms with Crippen LogP contribution in [0.4, 0.5) is 11.6 Å². The Labute approximate surface area is 131 Å². The lowest BCUT2D eigenvalue weighted by Gasteiger charge is -2.10. The van der Waals surface area contributed by atoms with E-state index >= 15 is 0 Å². The molecule has 2 N–H and O–H groups in total. The lowest BCUT2D eigenvalue weighted by Crippen LogP contribution is -2.06. The Morgan fingerprint density at radius 2 is 2.10 bits per heavy atom. The summed E-state index contributed by atoms with van der Waals surface area (Å²) >= 11 is 3.51. The Morgan fingerprint density at radius 3 is 2.71 bits per heavy atom. The molecule has 0 aliphatic carbocycles. The van der Waals surface area contributed by atoms with Gasteiger partial charge in [-0.3, -0.25) is 0 Å². The lowest BCUT2D eigenvalue weighted by atomic mass is 10.1. The van der Waals surface area contributed by atoms with Crippen LogP contribution in [0.3, 0.4) is 0 Å². The average molecular weight is 350 g/mol. The minimum absolute atomic E-state index is 0.0243. The van der Waals surface area contributed by atoms with Gasteiger partial charge >= 0.3 is 5.97 Å². The van der Waals surface area contributed by atoms with Crippen molar-refractivity contribution in [2.75, 3.05) is 5.32 Å². The Kier molecular flexibility index (Phi) is 4.90. The van der Waals surface area contributed by atoms with Gasteiger partial charge in [0.25, 0.3) is 0 Å². The van der Waals surface area contributed by atoms with E-state index in [-0.39, 0.29) is 11.6 Å². The van der Waals surface area contributed by atoms with E-state index in [4.69, 9.17) is 5.11 Å². The first-order valence-corrected chi connectivity index (χ1v) is 7.43. The monoisotopic (exact) mass is 349 g/mol. The van der Waals surface area contributed by atoms with E-state index in [1.54, 1.807) is 6.92 Å². The normalized spacial score (nSPS) is 10.4. The van der Waals surface area contributed by atoms with Crippen LogP contribution in [-0.4, -0.2) is 21.0 Å². The SMILES string of the molecule is CCCc1ccc(Nc2nc(C)cc(C(=O)O)n2)c(Br)c1. The molecule has 0 radical (unpaired) electrons. The number of anilines is 2. The minimum atomic E-state index is -1.07. The molecule has 0 aliphatic rings. The van der Waals surface area contributed by atoms with Crippen LogP contribution in [0.15, 0.2) is 28.7 Å². The van der Waals surface area contributed by atoms with E-state index in [0.717, 1.165) is 23.0 Å². The van der Waals surface area contributed by atoms with E-state index in [1.807, 2.05) is 18.2 Å². The van der Waals surface area contributed by atoms with Crippen LogP contribution < -0.4 is 5.32 Å². The quantitative estimate of drug-likeness (QED) is 0.854. The van der Waals surface area contributed by atoms with Crippen LogP contribution in [0.2, 0.25) is 0 Å². The zero-order valence-corrected chi connectivity index (χ0v) is 13.4. The molecule has 6 heteroatoms. The predicted molar refractivity (Wildman–Crippen MR) is 85.1 cm³/mol. The highest BCUT2D eigenvalue weighted by atomic mass is 79.9. The molecule has 1 aromatic heterocycles. The number of nitrogens with one attached hydrogen (secondary N) is 1. The van der Waals surface area contributed by atoms with Gasteiger partial charge in [0.15, 0.2) is 5.69 Å². The number of aromatic carboxylic acids is 1. The molecular formula is C15H16BrN3O2. The van der Waals surface area contributed by atoms with Crippen LogP contribution in [0, 0.1) is 6.92 Å². The first-order chi connectivity index (χ1) is 9.99. The molecule has 110 valence electrons. The standard InChI is InChI=1S/C15H16BrN3O2/c1-3-4-10-5-6-12(11(16)8-10)18-15-17-9(2)7-13(19-15)14(20)21/h5-8H,3-4H2,1-2H3,(H,20,21)(H,17,18,19). The number of halogens is 1. The second-order valence-electron chi connectivity index (χ2n) is 4.71. The summed E-state index contributed by atoms with van der Waals surface area (Å²) in [5.41, 5.74) is 2.62. The molecule has 2 rings (SSSR count). The van der Waals surface area contributed by atoms with Crippen molar-refractivity contribution in [3.05, 3.63) is 45.7 Å². The van der Waals surface area contributed by atoms with Crippen molar-refractivity contribution in [3.63, 3.8) is 0 Å². The van der Waals surface area contributed by atoms with Gasteiger partial charge in [0.2, 0.25) is 5.95 Å². The first-order valence-electron chi connectivity index (χ1n) is 6.64. The van der Waals surface area contributed by atoms with Gasteiger partial charge < -0.3 is 10.4 Å². The molecule has 0 bridgehead atoms. The van der Waals surface area contributed by atoms with Crippen LogP contribution >= 0.6 is 15.9 Å². The Bertz CT molecular complexity index is 674. The maximum absolute atomic E-state index is 11.0. The molecule has 0 fully saturated rings. The largest absolute Gasteiger partial charge is 0.477 e. The molecule has 0 amide bonds. The molecule has 2 aromatic rings. The summed E-state index contributed by atoms with van der Waals surface area (Å²) < 4.78 is 0.899. The van der Waals surface area contributed by atoms with Crippen LogP contribution in [0.25, 0.3) is 0 Å². The number of carbonyl (C=O) groups is 1. The number of aryl methyl sites for hydroxylation is 2. The lowest BCUT2D eigenvalue weighted by molar-refractivity contribution is 0.0690. The van der Waals surface area contributed by atoms with E-state index in [2.05, 4.69) is 38.1 Å². The highest BCUT2D eigenvalue weighted by molar-refractivity contribution is 9.10. The molecule has 0 atom stereocenters. The Morgan fingerprint density at radius 1 is 1.33 bits per heavy atom. The number of carboxylic acids is 1. The molecule has 0 saturated heterocycles. The van der Waals surface area contributed by atoms with Crippen molar-refractivity contribution in [1.82, 2.24) is 9.97 Å². The minimum Gasteiger partial charge on any atom is -0.477 e. The summed E-state index contributed by atoms with van der Waals surface area (Å²) in [4.78, 5) is 19.2. The fraction of sp³-hybridized carbons (Fsp3) is 0.267. The van der Waals surface area contributed by atoms with E-state index in [0.29, 0.717) is 5.69 Å². The fourth-order valence-corrected chi connectivity index (χ4v) is 2.48. The second kappa shape index (κ2) is 6.67. The van der Waals surface area contributed by atoms with Crippen molar-refractivity contribution in [2.24, 2.45) is 0 Å². The average Bonchev–Trinajstić information content (AvgIpc) is 2.41. The van der Waals surface area contributed by atoms with Gasteiger partial charge in [0.1, 0.15) is 0 Å². The maximum Gasteiger partial charge on any atom is 0.354 e. The molecule has 0 unspecified atom stereocenters. The molecule has 1 heterocycles. The summed E-state index contributed by atoms with van der Waals surface area (Å²) in [6.07, 6.45) is 2.10. The highest BCUT2D eigenvalue weighted by Crippen LogP contribution is 2.26. The van der Waals surface area contributed by atoms with Gasteiger partial charge in [-0.05, 0) is 53.0 Å². The zero-order chi connectivity index (χ0) is 15.4. The summed E-state index contributed by atoms with van der Waals surface area (Å²) in [7, 11) is 0. The van der Waals surface area contributed by atoms with Crippen molar-refractivity contribution in [2.45, 2.75) is 26.7 Å². The third kappa shape index (κ3) is 4.01. The smallest absolute Gasteiger partial charge is 0.354 e. The van der Waals surface area contributed by atoms with Crippen molar-refractivity contribution in [3.8, 4) is 0 Å².